The minimum atomic E-state index is 0.116. The Hall–Kier alpha value is -1.35. The van der Waals surface area contributed by atoms with E-state index >= 15 is 0 Å². The van der Waals surface area contributed by atoms with Gasteiger partial charge in [0.1, 0.15) is 0 Å². The highest BCUT2D eigenvalue weighted by Gasteiger charge is 2.34. The monoisotopic (exact) mass is 258 g/mol. The van der Waals surface area contributed by atoms with Crippen molar-refractivity contribution in [1.82, 2.24) is 4.90 Å². The summed E-state index contributed by atoms with van der Waals surface area (Å²) in [6.45, 7) is 2.78. The van der Waals surface area contributed by atoms with Gasteiger partial charge in [-0.1, -0.05) is 31.0 Å². The van der Waals surface area contributed by atoms with Crippen LogP contribution < -0.4 is 5.32 Å². The number of fused-ring (bicyclic) bond motifs is 1. The fraction of sp³-hybridized carbons (Fsp3) is 0.562. The van der Waals surface area contributed by atoms with E-state index in [1.54, 1.807) is 0 Å². The first-order valence-corrected chi connectivity index (χ1v) is 7.38. The lowest BCUT2D eigenvalue weighted by molar-refractivity contribution is -0.117. The zero-order valence-electron chi connectivity index (χ0n) is 11.3. The van der Waals surface area contributed by atoms with E-state index in [1.165, 1.54) is 25.7 Å². The van der Waals surface area contributed by atoms with E-state index in [9.17, 15) is 4.79 Å². The third-order valence-corrected chi connectivity index (χ3v) is 4.48. The van der Waals surface area contributed by atoms with Gasteiger partial charge in [0, 0.05) is 18.8 Å². The SMILES string of the molecule is O=C(CN1CC2CCCCC2C1)Nc1ccccc1. The molecule has 1 heterocycles. The third kappa shape index (κ3) is 3.16. The number of nitrogens with one attached hydrogen (secondary N) is 1. The topological polar surface area (TPSA) is 32.3 Å². The van der Waals surface area contributed by atoms with Gasteiger partial charge in [-0.05, 0) is 36.8 Å². The molecule has 1 aliphatic heterocycles. The number of nitrogens with zero attached hydrogens (tertiary/aromatic N) is 1. The Morgan fingerprint density at radius 3 is 2.37 bits per heavy atom. The van der Waals surface area contributed by atoms with E-state index in [0.29, 0.717) is 6.54 Å². The molecular weight excluding hydrogens is 236 g/mol. The minimum Gasteiger partial charge on any atom is -0.325 e. The number of likely N-dealkylation sites (tertiary alicyclic amines) is 1. The third-order valence-electron chi connectivity index (χ3n) is 4.48. The van der Waals surface area contributed by atoms with Crippen molar-refractivity contribution >= 4 is 11.6 Å². The molecule has 0 bridgehead atoms. The van der Waals surface area contributed by atoms with E-state index in [-0.39, 0.29) is 5.91 Å². The van der Waals surface area contributed by atoms with Crippen LogP contribution in [0.25, 0.3) is 0 Å². The molecule has 1 amide bonds. The number of rotatable bonds is 3. The lowest BCUT2D eigenvalue weighted by Gasteiger charge is -2.23. The first-order chi connectivity index (χ1) is 9.31. The smallest absolute Gasteiger partial charge is 0.238 e. The Labute approximate surface area is 115 Å². The Balaban J connectivity index is 1.50. The molecule has 2 unspecified atom stereocenters. The zero-order valence-corrected chi connectivity index (χ0v) is 11.3. The van der Waals surface area contributed by atoms with Crippen LogP contribution >= 0.6 is 0 Å². The van der Waals surface area contributed by atoms with Crippen molar-refractivity contribution in [2.24, 2.45) is 11.8 Å². The van der Waals surface area contributed by atoms with Gasteiger partial charge in [-0.2, -0.15) is 0 Å². The Morgan fingerprint density at radius 1 is 1.11 bits per heavy atom. The van der Waals surface area contributed by atoms with Crippen molar-refractivity contribution in [3.05, 3.63) is 30.3 Å². The average Bonchev–Trinajstić information content (AvgIpc) is 2.81. The summed E-state index contributed by atoms with van der Waals surface area (Å²) in [6.07, 6.45) is 5.49. The van der Waals surface area contributed by atoms with Crippen molar-refractivity contribution in [2.75, 3.05) is 25.0 Å². The number of hydrogen-bond acceptors (Lipinski definition) is 2. The summed E-state index contributed by atoms with van der Waals surface area (Å²) in [6, 6.07) is 9.71. The highest BCUT2D eigenvalue weighted by Crippen LogP contribution is 2.35. The molecule has 2 aliphatic rings. The van der Waals surface area contributed by atoms with Crippen molar-refractivity contribution in [3.63, 3.8) is 0 Å². The lowest BCUT2D eigenvalue weighted by atomic mass is 9.82. The number of hydrogen-bond donors (Lipinski definition) is 1. The van der Waals surface area contributed by atoms with Crippen LogP contribution in [0.3, 0.4) is 0 Å². The number of carbonyl (C=O) groups excluding carboxylic acids is 1. The number of carbonyl (C=O) groups is 1. The van der Waals surface area contributed by atoms with Crippen LogP contribution in [0.4, 0.5) is 5.69 Å². The maximum Gasteiger partial charge on any atom is 0.238 e. The summed E-state index contributed by atoms with van der Waals surface area (Å²) in [7, 11) is 0. The van der Waals surface area contributed by atoms with Gasteiger partial charge in [-0.25, -0.2) is 0 Å². The largest absolute Gasteiger partial charge is 0.325 e. The van der Waals surface area contributed by atoms with Gasteiger partial charge in [-0.15, -0.1) is 0 Å². The standard InChI is InChI=1S/C16H22N2O/c19-16(17-15-8-2-1-3-9-15)12-18-10-13-6-4-5-7-14(13)11-18/h1-3,8-9,13-14H,4-7,10-12H2,(H,17,19). The molecule has 1 saturated carbocycles. The van der Waals surface area contributed by atoms with Crippen molar-refractivity contribution in [3.8, 4) is 0 Å². The second-order valence-corrected chi connectivity index (χ2v) is 5.91. The average molecular weight is 258 g/mol. The molecule has 2 fully saturated rings. The van der Waals surface area contributed by atoms with Crippen LogP contribution in [0, 0.1) is 11.8 Å². The lowest BCUT2D eigenvalue weighted by Crippen LogP contribution is -2.31. The Morgan fingerprint density at radius 2 is 1.74 bits per heavy atom. The molecule has 1 N–H and O–H groups in total. The molecule has 3 rings (SSSR count). The quantitative estimate of drug-likeness (QED) is 0.904. The molecular formula is C16H22N2O. The molecule has 3 nitrogen and oxygen atoms in total. The second-order valence-electron chi connectivity index (χ2n) is 5.91. The summed E-state index contributed by atoms with van der Waals surface area (Å²) in [5.74, 6) is 1.81. The predicted octanol–water partition coefficient (Wildman–Crippen LogP) is 2.75. The van der Waals surface area contributed by atoms with Gasteiger partial charge in [0.05, 0.1) is 6.54 Å². The van der Waals surface area contributed by atoms with Crippen LogP contribution in [0.15, 0.2) is 30.3 Å². The first-order valence-electron chi connectivity index (χ1n) is 7.38. The molecule has 0 aromatic heterocycles. The van der Waals surface area contributed by atoms with Crippen LogP contribution in [-0.2, 0) is 4.79 Å². The molecule has 1 saturated heterocycles. The van der Waals surface area contributed by atoms with E-state index in [2.05, 4.69) is 10.2 Å². The Bertz CT molecular complexity index is 418. The highest BCUT2D eigenvalue weighted by atomic mass is 16.2. The Kier molecular flexibility index (Phi) is 3.83. The zero-order chi connectivity index (χ0) is 13.1. The maximum absolute atomic E-state index is 12.0. The maximum atomic E-state index is 12.0. The molecule has 2 atom stereocenters. The number of para-hydroxylation sites is 1. The number of amides is 1. The fourth-order valence-corrected chi connectivity index (χ4v) is 3.56. The van der Waals surface area contributed by atoms with Crippen LogP contribution in [0.2, 0.25) is 0 Å². The molecule has 0 spiro atoms. The second kappa shape index (κ2) is 5.74. The van der Waals surface area contributed by atoms with Gasteiger partial charge < -0.3 is 5.32 Å². The number of benzene rings is 1. The molecule has 1 aliphatic carbocycles. The molecule has 0 radical (unpaired) electrons. The van der Waals surface area contributed by atoms with Crippen LogP contribution in [0.1, 0.15) is 25.7 Å². The summed E-state index contributed by atoms with van der Waals surface area (Å²) < 4.78 is 0. The molecule has 102 valence electrons. The number of anilines is 1. The minimum absolute atomic E-state index is 0.116. The van der Waals surface area contributed by atoms with Crippen molar-refractivity contribution in [1.29, 1.82) is 0 Å². The van der Waals surface area contributed by atoms with E-state index in [4.69, 9.17) is 0 Å². The van der Waals surface area contributed by atoms with Gasteiger partial charge in [0.15, 0.2) is 0 Å². The van der Waals surface area contributed by atoms with Gasteiger partial charge >= 0.3 is 0 Å². The van der Waals surface area contributed by atoms with E-state index in [1.807, 2.05) is 30.3 Å². The van der Waals surface area contributed by atoms with Gasteiger partial charge in [0.2, 0.25) is 5.91 Å². The van der Waals surface area contributed by atoms with E-state index in [0.717, 1.165) is 30.6 Å². The fourth-order valence-electron chi connectivity index (χ4n) is 3.56. The molecule has 19 heavy (non-hydrogen) atoms. The normalized spacial score (nSPS) is 26.9. The van der Waals surface area contributed by atoms with Gasteiger partial charge in [-0.3, -0.25) is 9.69 Å². The summed E-state index contributed by atoms with van der Waals surface area (Å²) in [4.78, 5) is 14.4. The van der Waals surface area contributed by atoms with Crippen LogP contribution in [0.5, 0.6) is 0 Å². The molecule has 3 heteroatoms. The summed E-state index contributed by atoms with van der Waals surface area (Å²) in [5, 5.41) is 2.97. The van der Waals surface area contributed by atoms with Crippen LogP contribution in [-0.4, -0.2) is 30.4 Å². The van der Waals surface area contributed by atoms with Crippen molar-refractivity contribution < 1.29 is 4.79 Å². The highest BCUT2D eigenvalue weighted by molar-refractivity contribution is 5.92. The predicted molar refractivity (Wildman–Crippen MR) is 77.0 cm³/mol. The molecule has 1 aromatic carbocycles. The summed E-state index contributed by atoms with van der Waals surface area (Å²) in [5.41, 5.74) is 0.893. The molecule has 1 aromatic rings. The van der Waals surface area contributed by atoms with Gasteiger partial charge in [0.25, 0.3) is 0 Å². The first kappa shape index (κ1) is 12.7. The van der Waals surface area contributed by atoms with E-state index < -0.39 is 0 Å². The van der Waals surface area contributed by atoms with Crippen molar-refractivity contribution in [2.45, 2.75) is 25.7 Å². The summed E-state index contributed by atoms with van der Waals surface area (Å²) >= 11 is 0.